The minimum Gasteiger partial charge on any atom is -0.346 e. The number of thiocarbonyl (C=S) groups is 1. The van der Waals surface area contributed by atoms with Crippen LogP contribution in [-0.4, -0.2) is 47.6 Å². The first-order valence-corrected chi connectivity index (χ1v) is 9.25. The lowest BCUT2D eigenvalue weighted by molar-refractivity contribution is 0.200. The summed E-state index contributed by atoms with van der Waals surface area (Å²) in [6, 6.07) is 18.0. The molecule has 0 amide bonds. The number of anilines is 1. The van der Waals surface area contributed by atoms with Crippen LogP contribution in [0, 0.1) is 0 Å². The zero-order chi connectivity index (χ0) is 17.5. The predicted octanol–water partition coefficient (Wildman–Crippen LogP) is 4.37. The molecule has 5 heteroatoms. The van der Waals surface area contributed by atoms with Gasteiger partial charge in [0.1, 0.15) is 0 Å². The van der Waals surface area contributed by atoms with Crippen LogP contribution in [0.1, 0.15) is 5.56 Å². The molecule has 25 heavy (non-hydrogen) atoms. The summed E-state index contributed by atoms with van der Waals surface area (Å²) in [5, 5.41) is 4.75. The first-order chi connectivity index (χ1) is 12.2. The fraction of sp³-hybridized carbons (Fsp3) is 0.250. The average molecular weight is 372 g/mol. The lowest BCUT2D eigenvalue weighted by atomic mass is 10.2. The van der Waals surface area contributed by atoms with Gasteiger partial charge >= 0.3 is 0 Å². The van der Waals surface area contributed by atoms with E-state index in [-0.39, 0.29) is 0 Å². The third-order valence-electron chi connectivity index (χ3n) is 4.21. The summed E-state index contributed by atoms with van der Waals surface area (Å²) in [5.74, 6) is 0. The normalized spacial score (nSPS) is 15.5. The Morgan fingerprint density at radius 3 is 2.52 bits per heavy atom. The van der Waals surface area contributed by atoms with Gasteiger partial charge in [-0.25, -0.2) is 0 Å². The minimum atomic E-state index is 0.711. The van der Waals surface area contributed by atoms with Crippen molar-refractivity contribution in [3.05, 3.63) is 71.3 Å². The number of rotatable bonds is 4. The van der Waals surface area contributed by atoms with Gasteiger partial charge in [-0.3, -0.25) is 4.90 Å². The van der Waals surface area contributed by atoms with Crippen molar-refractivity contribution in [2.75, 3.05) is 38.0 Å². The van der Waals surface area contributed by atoms with Gasteiger partial charge in [0.25, 0.3) is 0 Å². The van der Waals surface area contributed by atoms with Gasteiger partial charge in [-0.2, -0.15) is 0 Å². The van der Waals surface area contributed by atoms with Gasteiger partial charge in [-0.1, -0.05) is 60.2 Å². The van der Waals surface area contributed by atoms with Crippen molar-refractivity contribution in [3.8, 4) is 0 Å². The van der Waals surface area contributed by atoms with Crippen molar-refractivity contribution < 1.29 is 0 Å². The van der Waals surface area contributed by atoms with E-state index in [1.54, 1.807) is 0 Å². The topological polar surface area (TPSA) is 18.5 Å². The van der Waals surface area contributed by atoms with Crippen LogP contribution in [0.4, 0.5) is 5.69 Å². The maximum atomic E-state index is 6.02. The van der Waals surface area contributed by atoms with E-state index in [1.807, 2.05) is 30.3 Å². The minimum absolute atomic E-state index is 0.711. The van der Waals surface area contributed by atoms with E-state index in [9.17, 15) is 0 Å². The van der Waals surface area contributed by atoms with Crippen LogP contribution in [0.5, 0.6) is 0 Å². The Bertz CT molecular complexity index is 725. The molecule has 1 aliphatic rings. The Morgan fingerprint density at radius 2 is 1.80 bits per heavy atom. The summed E-state index contributed by atoms with van der Waals surface area (Å²) in [6.07, 6.45) is 4.41. The molecule has 2 aromatic carbocycles. The van der Waals surface area contributed by atoms with Crippen LogP contribution >= 0.6 is 23.8 Å². The van der Waals surface area contributed by atoms with Crippen molar-refractivity contribution in [2.24, 2.45) is 0 Å². The molecule has 0 radical (unpaired) electrons. The largest absolute Gasteiger partial charge is 0.346 e. The highest BCUT2D eigenvalue weighted by Crippen LogP contribution is 2.16. The molecule has 1 heterocycles. The van der Waals surface area contributed by atoms with Gasteiger partial charge in [0, 0.05) is 43.4 Å². The van der Waals surface area contributed by atoms with Crippen molar-refractivity contribution in [1.29, 1.82) is 0 Å². The number of nitrogens with one attached hydrogen (secondary N) is 1. The molecular formula is C20H22ClN3S. The van der Waals surface area contributed by atoms with Crippen molar-refractivity contribution in [2.45, 2.75) is 0 Å². The number of halogens is 1. The van der Waals surface area contributed by atoms with Crippen LogP contribution < -0.4 is 5.32 Å². The number of hydrogen-bond acceptors (Lipinski definition) is 2. The maximum absolute atomic E-state index is 6.02. The third-order valence-corrected chi connectivity index (χ3v) is 4.80. The number of benzene rings is 2. The summed E-state index contributed by atoms with van der Waals surface area (Å²) >= 11 is 11.5. The SMILES string of the molecule is S=C(Nc1cccc(Cl)c1)N1CCN(CC=Cc2ccccc2)CC1. The lowest BCUT2D eigenvalue weighted by Crippen LogP contribution is -2.49. The Hall–Kier alpha value is -1.88. The average Bonchev–Trinajstić information content (AvgIpc) is 2.63. The molecule has 0 aliphatic carbocycles. The van der Waals surface area contributed by atoms with E-state index in [1.165, 1.54) is 5.56 Å². The fourth-order valence-electron chi connectivity index (χ4n) is 2.80. The van der Waals surface area contributed by atoms with Crippen molar-refractivity contribution in [1.82, 2.24) is 9.80 Å². The summed E-state index contributed by atoms with van der Waals surface area (Å²) in [7, 11) is 0. The fourth-order valence-corrected chi connectivity index (χ4v) is 3.30. The molecule has 1 aliphatic heterocycles. The second-order valence-corrected chi connectivity index (χ2v) is 6.86. The van der Waals surface area contributed by atoms with Gasteiger partial charge in [0.15, 0.2) is 5.11 Å². The van der Waals surface area contributed by atoms with Crippen LogP contribution in [0.25, 0.3) is 6.08 Å². The molecule has 0 spiro atoms. The highest BCUT2D eigenvalue weighted by atomic mass is 35.5. The Morgan fingerprint density at radius 1 is 1.04 bits per heavy atom. The number of nitrogens with zero attached hydrogens (tertiary/aromatic N) is 2. The summed E-state index contributed by atoms with van der Waals surface area (Å²) in [4.78, 5) is 4.66. The molecule has 130 valence electrons. The molecule has 1 saturated heterocycles. The first kappa shape index (κ1) is 17.9. The van der Waals surface area contributed by atoms with Crippen LogP contribution in [0.15, 0.2) is 60.7 Å². The third kappa shape index (κ3) is 5.56. The molecule has 1 fully saturated rings. The molecular weight excluding hydrogens is 350 g/mol. The molecule has 3 nitrogen and oxygen atoms in total. The standard InChI is InChI=1S/C20H22ClN3S/c21-18-9-4-10-19(16-18)22-20(25)24-14-12-23(13-15-24)11-5-8-17-6-2-1-3-7-17/h1-10,16H,11-15H2,(H,22,25). The van der Waals surface area contributed by atoms with Gasteiger partial charge in [0.05, 0.1) is 0 Å². The van der Waals surface area contributed by atoms with E-state index in [0.29, 0.717) is 5.02 Å². The first-order valence-electron chi connectivity index (χ1n) is 8.46. The van der Waals surface area contributed by atoms with E-state index in [4.69, 9.17) is 23.8 Å². The number of hydrogen-bond donors (Lipinski definition) is 1. The molecule has 0 saturated carbocycles. The highest BCUT2D eigenvalue weighted by molar-refractivity contribution is 7.80. The van der Waals surface area contributed by atoms with Gasteiger partial charge in [-0.15, -0.1) is 0 Å². The Labute approximate surface area is 159 Å². The molecule has 2 aromatic rings. The van der Waals surface area contributed by atoms with Crippen molar-refractivity contribution in [3.63, 3.8) is 0 Å². The van der Waals surface area contributed by atoms with E-state index in [2.05, 4.69) is 51.5 Å². The van der Waals surface area contributed by atoms with E-state index < -0.39 is 0 Å². The second kappa shape index (κ2) is 8.99. The zero-order valence-electron chi connectivity index (χ0n) is 14.1. The maximum Gasteiger partial charge on any atom is 0.173 e. The van der Waals surface area contributed by atoms with E-state index in [0.717, 1.165) is 43.5 Å². The van der Waals surface area contributed by atoms with Gasteiger partial charge in [0.2, 0.25) is 0 Å². The Kier molecular flexibility index (Phi) is 6.45. The quantitative estimate of drug-likeness (QED) is 0.804. The van der Waals surface area contributed by atoms with Crippen LogP contribution in [0.2, 0.25) is 5.02 Å². The summed E-state index contributed by atoms with van der Waals surface area (Å²) in [5.41, 5.74) is 2.18. The van der Waals surface area contributed by atoms with E-state index >= 15 is 0 Å². The monoisotopic (exact) mass is 371 g/mol. The summed E-state index contributed by atoms with van der Waals surface area (Å²) in [6.45, 7) is 4.86. The molecule has 1 N–H and O–H groups in total. The highest BCUT2D eigenvalue weighted by Gasteiger charge is 2.18. The smallest absolute Gasteiger partial charge is 0.173 e. The second-order valence-electron chi connectivity index (χ2n) is 6.04. The summed E-state index contributed by atoms with van der Waals surface area (Å²) < 4.78 is 0. The van der Waals surface area contributed by atoms with Gasteiger partial charge < -0.3 is 10.2 Å². The van der Waals surface area contributed by atoms with Crippen LogP contribution in [0.3, 0.4) is 0 Å². The molecule has 3 rings (SSSR count). The molecule has 0 unspecified atom stereocenters. The van der Waals surface area contributed by atoms with Crippen molar-refractivity contribution >= 4 is 40.7 Å². The van der Waals surface area contributed by atoms with Crippen LogP contribution in [-0.2, 0) is 0 Å². The molecule has 0 atom stereocenters. The number of piperazine rings is 1. The molecule has 0 bridgehead atoms. The Balaban J connectivity index is 1.43. The van der Waals surface area contributed by atoms with Gasteiger partial charge in [-0.05, 0) is 36.0 Å². The lowest BCUT2D eigenvalue weighted by Gasteiger charge is -2.35. The zero-order valence-corrected chi connectivity index (χ0v) is 15.6. The molecule has 0 aromatic heterocycles. The predicted molar refractivity (Wildman–Crippen MR) is 111 cm³/mol.